The maximum Gasteiger partial charge on any atom is 0.244 e. The van der Waals surface area contributed by atoms with E-state index >= 15 is 0 Å². The Bertz CT molecular complexity index is 802. The third kappa shape index (κ3) is 4.78. The number of nitrogens with two attached hydrogens (primary N) is 1. The highest BCUT2D eigenvalue weighted by atomic mass is 35.5. The average Bonchev–Trinajstić information content (AvgIpc) is 2.70. The molecule has 6 nitrogen and oxygen atoms in total. The number of halogens is 1. The number of hydrogen-bond acceptors (Lipinski definition) is 5. The van der Waals surface area contributed by atoms with Crippen molar-refractivity contribution >= 4 is 28.9 Å². The van der Waals surface area contributed by atoms with Gasteiger partial charge in [0.2, 0.25) is 5.91 Å². The zero-order valence-corrected chi connectivity index (χ0v) is 15.8. The summed E-state index contributed by atoms with van der Waals surface area (Å²) in [5.74, 6) is -0.118. The second-order valence-corrected chi connectivity index (χ2v) is 6.94. The maximum absolute atomic E-state index is 12.6. The predicted octanol–water partition coefficient (Wildman–Crippen LogP) is 3.22. The molecule has 27 heavy (non-hydrogen) atoms. The van der Waals surface area contributed by atoms with Crippen LogP contribution in [0.1, 0.15) is 30.4 Å². The van der Waals surface area contributed by atoms with Gasteiger partial charge in [-0.2, -0.15) is 0 Å². The lowest BCUT2D eigenvalue weighted by Crippen LogP contribution is -2.41. The van der Waals surface area contributed by atoms with Gasteiger partial charge in [0.25, 0.3) is 0 Å². The molecule has 1 aliphatic heterocycles. The molecule has 2 aromatic rings. The summed E-state index contributed by atoms with van der Waals surface area (Å²) < 4.78 is 0. The molecular weight excluding hydrogens is 364 g/mol. The monoisotopic (exact) mass is 386 g/mol. The Balaban J connectivity index is 1.91. The van der Waals surface area contributed by atoms with E-state index in [-0.39, 0.29) is 12.5 Å². The number of likely N-dealkylation sites (tertiary alicyclic amines) is 1. The van der Waals surface area contributed by atoms with Crippen molar-refractivity contribution in [2.45, 2.75) is 19.3 Å². The molecule has 0 aliphatic carbocycles. The Morgan fingerprint density at radius 1 is 1.07 bits per heavy atom. The minimum atomic E-state index is -0.161. The Morgan fingerprint density at radius 3 is 2.33 bits per heavy atom. The number of benzene rings is 1. The van der Waals surface area contributed by atoms with Gasteiger partial charge < -0.3 is 10.6 Å². The summed E-state index contributed by atoms with van der Waals surface area (Å²) in [5, 5.41) is 12.3. The number of aromatic nitrogens is 1. The highest BCUT2D eigenvalue weighted by Crippen LogP contribution is 2.26. The van der Waals surface area contributed by atoms with E-state index in [0.717, 1.165) is 37.4 Å². The average molecular weight is 387 g/mol. The number of piperidine rings is 1. The summed E-state index contributed by atoms with van der Waals surface area (Å²) >= 11 is 5.96. The largest absolute Gasteiger partial charge is 0.396 e. The van der Waals surface area contributed by atoms with Gasteiger partial charge >= 0.3 is 0 Å². The first kappa shape index (κ1) is 19.2. The molecule has 1 fully saturated rings. The third-order valence-corrected chi connectivity index (χ3v) is 4.87. The molecule has 1 aliphatic rings. The van der Waals surface area contributed by atoms with Gasteiger partial charge in [-0.15, -0.1) is 0 Å². The van der Waals surface area contributed by atoms with E-state index in [9.17, 15) is 10.0 Å². The van der Waals surface area contributed by atoms with Gasteiger partial charge in [-0.25, -0.2) is 5.06 Å². The Labute approximate surface area is 163 Å². The van der Waals surface area contributed by atoms with Crippen molar-refractivity contribution < 1.29 is 10.0 Å². The lowest BCUT2D eigenvalue weighted by Gasteiger charge is -2.29. The molecule has 1 saturated heterocycles. The van der Waals surface area contributed by atoms with E-state index in [0.29, 0.717) is 27.5 Å². The van der Waals surface area contributed by atoms with Crippen LogP contribution in [0.15, 0.2) is 48.8 Å². The fourth-order valence-electron chi connectivity index (χ4n) is 3.17. The summed E-state index contributed by atoms with van der Waals surface area (Å²) in [7, 11) is 0. The quantitative estimate of drug-likeness (QED) is 0.771. The van der Waals surface area contributed by atoms with Crippen LogP contribution in [-0.2, 0) is 4.79 Å². The lowest BCUT2D eigenvalue weighted by atomic mass is 10.1. The number of rotatable bonds is 5. The standard InChI is InChI=1S/C20H23ClN4O2/c21-17-6-4-15(5-7-17)19(22)20(16-8-10-23-11-9-16)25(27)14-18(26)24-12-2-1-3-13-24/h4-11,27H,1-3,12-14,22H2/b20-19-. The van der Waals surface area contributed by atoms with E-state index in [1.807, 2.05) is 0 Å². The molecule has 0 radical (unpaired) electrons. The van der Waals surface area contributed by atoms with Crippen LogP contribution in [-0.4, -0.2) is 45.7 Å². The predicted molar refractivity (Wildman–Crippen MR) is 106 cm³/mol. The van der Waals surface area contributed by atoms with E-state index in [1.54, 1.807) is 53.7 Å². The molecule has 142 valence electrons. The molecule has 3 rings (SSSR count). The number of nitrogens with zero attached hydrogens (tertiary/aromatic N) is 3. The molecule has 0 saturated carbocycles. The number of pyridine rings is 1. The number of hydrogen-bond donors (Lipinski definition) is 2. The highest BCUT2D eigenvalue weighted by molar-refractivity contribution is 6.30. The van der Waals surface area contributed by atoms with Gasteiger partial charge in [0, 0.05) is 36.1 Å². The number of carbonyl (C=O) groups is 1. The fraction of sp³-hybridized carbons (Fsp3) is 0.300. The molecule has 0 unspecified atom stereocenters. The first-order valence-electron chi connectivity index (χ1n) is 8.96. The van der Waals surface area contributed by atoms with E-state index in [2.05, 4.69) is 4.98 Å². The summed E-state index contributed by atoms with van der Waals surface area (Å²) in [6.07, 6.45) is 6.36. The van der Waals surface area contributed by atoms with Crippen molar-refractivity contribution in [1.82, 2.24) is 14.9 Å². The van der Waals surface area contributed by atoms with Crippen LogP contribution in [0.5, 0.6) is 0 Å². The number of amides is 1. The summed E-state index contributed by atoms with van der Waals surface area (Å²) in [5.41, 5.74) is 8.46. The third-order valence-electron chi connectivity index (χ3n) is 4.62. The van der Waals surface area contributed by atoms with Crippen LogP contribution in [0, 0.1) is 0 Å². The van der Waals surface area contributed by atoms with E-state index < -0.39 is 0 Å². The van der Waals surface area contributed by atoms with Crippen molar-refractivity contribution in [1.29, 1.82) is 0 Å². The molecule has 0 atom stereocenters. The van der Waals surface area contributed by atoms with Crippen LogP contribution in [0.3, 0.4) is 0 Å². The molecule has 7 heteroatoms. The minimum Gasteiger partial charge on any atom is -0.396 e. The van der Waals surface area contributed by atoms with Crippen molar-refractivity contribution in [2.75, 3.05) is 19.6 Å². The normalized spacial score (nSPS) is 15.3. The van der Waals surface area contributed by atoms with Gasteiger partial charge in [-0.3, -0.25) is 15.0 Å². The molecule has 1 amide bonds. The topological polar surface area (TPSA) is 82.7 Å². The van der Waals surface area contributed by atoms with Crippen LogP contribution < -0.4 is 5.73 Å². The summed E-state index contributed by atoms with van der Waals surface area (Å²) in [6.45, 7) is 1.30. The SMILES string of the molecule is N/C(=C(/c1ccncc1)N(O)CC(=O)N1CCCCC1)c1ccc(Cl)cc1. The second-order valence-electron chi connectivity index (χ2n) is 6.50. The van der Waals surface area contributed by atoms with Crippen molar-refractivity contribution in [3.63, 3.8) is 0 Å². The smallest absolute Gasteiger partial charge is 0.244 e. The summed E-state index contributed by atoms with van der Waals surface area (Å²) in [6, 6.07) is 10.5. The van der Waals surface area contributed by atoms with Gasteiger partial charge in [-0.05, 0) is 49.1 Å². The van der Waals surface area contributed by atoms with Crippen molar-refractivity contribution in [3.05, 3.63) is 64.9 Å². The zero-order valence-electron chi connectivity index (χ0n) is 15.0. The Kier molecular flexibility index (Phi) is 6.32. The molecule has 0 spiro atoms. The first-order valence-corrected chi connectivity index (χ1v) is 9.34. The Morgan fingerprint density at radius 2 is 1.70 bits per heavy atom. The highest BCUT2D eigenvalue weighted by Gasteiger charge is 2.22. The van der Waals surface area contributed by atoms with E-state index in [4.69, 9.17) is 17.3 Å². The zero-order chi connectivity index (χ0) is 19.2. The summed E-state index contributed by atoms with van der Waals surface area (Å²) in [4.78, 5) is 18.4. The maximum atomic E-state index is 12.6. The lowest BCUT2D eigenvalue weighted by molar-refractivity contribution is -0.139. The van der Waals surface area contributed by atoms with Gasteiger partial charge in [0.05, 0.1) is 11.4 Å². The fourth-order valence-corrected chi connectivity index (χ4v) is 3.30. The number of carbonyl (C=O) groups excluding carboxylic acids is 1. The van der Waals surface area contributed by atoms with Gasteiger partial charge in [0.1, 0.15) is 6.54 Å². The second kappa shape index (κ2) is 8.88. The number of hydroxylamine groups is 2. The molecule has 1 aromatic carbocycles. The minimum absolute atomic E-state index is 0.118. The van der Waals surface area contributed by atoms with E-state index in [1.165, 1.54) is 0 Å². The molecule has 3 N–H and O–H groups in total. The Hall–Kier alpha value is -2.57. The van der Waals surface area contributed by atoms with Gasteiger partial charge in [0.15, 0.2) is 0 Å². The molecule has 1 aromatic heterocycles. The molecule has 0 bridgehead atoms. The van der Waals surface area contributed by atoms with Gasteiger partial charge in [-0.1, -0.05) is 23.7 Å². The van der Waals surface area contributed by atoms with Crippen LogP contribution in [0.2, 0.25) is 5.02 Å². The van der Waals surface area contributed by atoms with Crippen LogP contribution in [0.25, 0.3) is 11.4 Å². The first-order chi connectivity index (χ1) is 13.1. The van der Waals surface area contributed by atoms with Crippen LogP contribution in [0.4, 0.5) is 0 Å². The van der Waals surface area contributed by atoms with Crippen LogP contribution >= 0.6 is 11.6 Å². The van der Waals surface area contributed by atoms with Crippen molar-refractivity contribution in [2.24, 2.45) is 5.73 Å². The molecule has 2 heterocycles. The molecular formula is C20H23ClN4O2. The van der Waals surface area contributed by atoms with Crippen molar-refractivity contribution in [3.8, 4) is 0 Å².